The van der Waals surface area contributed by atoms with E-state index in [4.69, 9.17) is 11.6 Å². The molecule has 0 aliphatic rings. The number of rotatable bonds is 8. The second-order valence-electron chi connectivity index (χ2n) is 5.02. The number of hydrogen-bond acceptors (Lipinski definition) is 2. The molecule has 0 atom stereocenters. The Hall–Kier alpha value is -1.55. The molecule has 0 saturated carbocycles. The molecule has 0 bridgehead atoms. The summed E-state index contributed by atoms with van der Waals surface area (Å²) in [5.74, 6) is -0.174. The molecule has 2 amide bonds. The first kappa shape index (κ1) is 17.5. The number of nitrogens with zero attached hydrogens (tertiary/aromatic N) is 1. The van der Waals surface area contributed by atoms with Gasteiger partial charge in [-0.25, -0.2) is 0 Å². The third kappa shape index (κ3) is 7.14. The van der Waals surface area contributed by atoms with Crippen LogP contribution in [0.5, 0.6) is 0 Å². The molecule has 0 unspecified atom stereocenters. The van der Waals surface area contributed by atoms with Crippen LogP contribution in [0.2, 0.25) is 5.02 Å². The van der Waals surface area contributed by atoms with Crippen LogP contribution >= 0.6 is 11.6 Å². The minimum Gasteiger partial charge on any atom is -0.354 e. The molecule has 1 rings (SSSR count). The molecule has 0 spiro atoms. The maximum atomic E-state index is 11.8. The van der Waals surface area contributed by atoms with Gasteiger partial charge in [-0.1, -0.05) is 37.1 Å². The van der Waals surface area contributed by atoms with Crippen molar-refractivity contribution >= 4 is 23.4 Å². The predicted octanol–water partition coefficient (Wildman–Crippen LogP) is 2.65. The minimum atomic E-state index is -0.115. The average Bonchev–Trinajstić information content (AvgIpc) is 2.45. The average molecular weight is 311 g/mol. The smallest absolute Gasteiger partial charge is 0.239 e. The first-order chi connectivity index (χ1) is 10.0. The van der Waals surface area contributed by atoms with Gasteiger partial charge in [-0.05, 0) is 30.5 Å². The van der Waals surface area contributed by atoms with Crippen molar-refractivity contribution in [2.75, 3.05) is 19.6 Å². The Morgan fingerprint density at radius 2 is 1.90 bits per heavy atom. The SMILES string of the molecule is CCCCN(CC(=O)NCCc1ccc(Cl)cc1)C(C)=O. The molecule has 0 aliphatic carbocycles. The van der Waals surface area contributed by atoms with Crippen molar-refractivity contribution in [2.45, 2.75) is 33.1 Å². The molecule has 0 radical (unpaired) electrons. The lowest BCUT2D eigenvalue weighted by Gasteiger charge is -2.20. The van der Waals surface area contributed by atoms with E-state index in [9.17, 15) is 9.59 Å². The number of halogens is 1. The third-order valence-electron chi connectivity index (χ3n) is 3.21. The molecular weight excluding hydrogens is 288 g/mol. The Kier molecular flexibility index (Phi) is 7.83. The maximum absolute atomic E-state index is 11.8. The maximum Gasteiger partial charge on any atom is 0.239 e. The molecule has 0 aromatic heterocycles. The van der Waals surface area contributed by atoms with Gasteiger partial charge in [0.25, 0.3) is 0 Å². The zero-order valence-electron chi connectivity index (χ0n) is 12.7. The molecule has 0 fully saturated rings. The van der Waals surface area contributed by atoms with Crippen molar-refractivity contribution in [3.8, 4) is 0 Å². The molecule has 1 N–H and O–H groups in total. The van der Waals surface area contributed by atoms with Crippen molar-refractivity contribution < 1.29 is 9.59 Å². The Balaban J connectivity index is 2.32. The van der Waals surface area contributed by atoms with Crippen LogP contribution in [-0.2, 0) is 16.0 Å². The molecule has 1 aromatic rings. The lowest BCUT2D eigenvalue weighted by atomic mass is 10.1. The van der Waals surface area contributed by atoms with E-state index in [-0.39, 0.29) is 18.4 Å². The number of nitrogens with one attached hydrogen (secondary N) is 1. The van der Waals surface area contributed by atoms with Crippen molar-refractivity contribution in [2.24, 2.45) is 0 Å². The van der Waals surface area contributed by atoms with Crippen LogP contribution in [0.1, 0.15) is 32.3 Å². The van der Waals surface area contributed by atoms with Crippen molar-refractivity contribution in [1.82, 2.24) is 10.2 Å². The van der Waals surface area contributed by atoms with Crippen molar-refractivity contribution in [3.05, 3.63) is 34.9 Å². The lowest BCUT2D eigenvalue weighted by Crippen LogP contribution is -2.40. The summed E-state index contributed by atoms with van der Waals surface area (Å²) in [4.78, 5) is 24.9. The molecule has 0 heterocycles. The first-order valence-corrected chi connectivity index (χ1v) is 7.67. The molecule has 5 heteroatoms. The molecular formula is C16H23ClN2O2. The second kappa shape index (κ2) is 9.40. The topological polar surface area (TPSA) is 49.4 Å². The van der Waals surface area contributed by atoms with E-state index < -0.39 is 0 Å². The van der Waals surface area contributed by atoms with Gasteiger partial charge in [0, 0.05) is 25.0 Å². The molecule has 1 aromatic carbocycles. The normalized spacial score (nSPS) is 10.2. The van der Waals surface area contributed by atoms with Gasteiger partial charge in [0.15, 0.2) is 0 Å². The predicted molar refractivity (Wildman–Crippen MR) is 85.3 cm³/mol. The highest BCUT2D eigenvalue weighted by molar-refractivity contribution is 6.30. The van der Waals surface area contributed by atoms with Gasteiger partial charge in [0.05, 0.1) is 6.54 Å². The van der Waals surface area contributed by atoms with E-state index in [0.717, 1.165) is 24.8 Å². The third-order valence-corrected chi connectivity index (χ3v) is 3.46. The zero-order valence-corrected chi connectivity index (χ0v) is 13.4. The number of hydrogen-bond donors (Lipinski definition) is 1. The summed E-state index contributed by atoms with van der Waals surface area (Å²) >= 11 is 5.82. The van der Waals surface area contributed by atoms with Crippen molar-refractivity contribution in [1.29, 1.82) is 0 Å². The number of amides is 2. The van der Waals surface area contributed by atoms with E-state index in [2.05, 4.69) is 12.2 Å². The minimum absolute atomic E-state index is 0.0590. The molecule has 4 nitrogen and oxygen atoms in total. The van der Waals surface area contributed by atoms with Crippen LogP contribution in [0.25, 0.3) is 0 Å². The summed E-state index contributed by atoms with van der Waals surface area (Å²) in [6, 6.07) is 7.55. The largest absolute Gasteiger partial charge is 0.354 e. The van der Waals surface area contributed by atoms with Crippen LogP contribution in [0, 0.1) is 0 Å². The number of carbonyl (C=O) groups is 2. The molecule has 0 aliphatic heterocycles. The van der Waals surface area contributed by atoms with Gasteiger partial charge < -0.3 is 10.2 Å². The fourth-order valence-electron chi connectivity index (χ4n) is 1.92. The van der Waals surface area contributed by atoms with Crippen LogP contribution in [0.3, 0.4) is 0 Å². The Morgan fingerprint density at radius 1 is 1.24 bits per heavy atom. The number of carbonyl (C=O) groups excluding carboxylic acids is 2. The number of benzene rings is 1. The Bertz CT molecular complexity index is 460. The summed E-state index contributed by atoms with van der Waals surface area (Å²) < 4.78 is 0. The standard InChI is InChI=1S/C16H23ClN2O2/c1-3-4-11-19(13(2)20)12-16(21)18-10-9-14-5-7-15(17)8-6-14/h5-8H,3-4,9-12H2,1-2H3,(H,18,21). The van der Waals surface area contributed by atoms with E-state index >= 15 is 0 Å². The highest BCUT2D eigenvalue weighted by atomic mass is 35.5. The van der Waals surface area contributed by atoms with Crippen LogP contribution in [0.4, 0.5) is 0 Å². The quantitative estimate of drug-likeness (QED) is 0.802. The summed E-state index contributed by atoms with van der Waals surface area (Å²) in [5.41, 5.74) is 1.12. The van der Waals surface area contributed by atoms with Crippen molar-refractivity contribution in [3.63, 3.8) is 0 Å². The van der Waals surface area contributed by atoms with Crippen LogP contribution < -0.4 is 5.32 Å². The van der Waals surface area contributed by atoms with Gasteiger partial charge in [-0.15, -0.1) is 0 Å². The highest BCUT2D eigenvalue weighted by Gasteiger charge is 2.12. The second-order valence-corrected chi connectivity index (χ2v) is 5.46. The Labute approximate surface area is 131 Å². The van der Waals surface area contributed by atoms with E-state index in [1.165, 1.54) is 6.92 Å². The van der Waals surface area contributed by atoms with Gasteiger partial charge >= 0.3 is 0 Å². The van der Waals surface area contributed by atoms with Crippen LogP contribution in [-0.4, -0.2) is 36.3 Å². The summed E-state index contributed by atoms with van der Waals surface area (Å²) in [7, 11) is 0. The van der Waals surface area contributed by atoms with E-state index in [1.807, 2.05) is 24.3 Å². The summed E-state index contributed by atoms with van der Waals surface area (Å²) in [6.45, 7) is 4.88. The van der Waals surface area contributed by atoms with E-state index in [0.29, 0.717) is 18.1 Å². The van der Waals surface area contributed by atoms with Gasteiger partial charge in [-0.2, -0.15) is 0 Å². The summed E-state index contributed by atoms with van der Waals surface area (Å²) in [5, 5.41) is 3.55. The molecule has 21 heavy (non-hydrogen) atoms. The Morgan fingerprint density at radius 3 is 2.48 bits per heavy atom. The summed E-state index contributed by atoms with van der Waals surface area (Å²) in [6.07, 6.45) is 2.66. The molecule has 116 valence electrons. The van der Waals surface area contributed by atoms with Gasteiger partial charge in [-0.3, -0.25) is 9.59 Å². The number of unbranched alkanes of at least 4 members (excludes halogenated alkanes) is 1. The fraction of sp³-hybridized carbons (Fsp3) is 0.500. The zero-order chi connectivity index (χ0) is 15.7. The molecule has 0 saturated heterocycles. The van der Waals surface area contributed by atoms with E-state index in [1.54, 1.807) is 4.90 Å². The van der Waals surface area contributed by atoms with Crippen LogP contribution in [0.15, 0.2) is 24.3 Å². The first-order valence-electron chi connectivity index (χ1n) is 7.29. The highest BCUT2D eigenvalue weighted by Crippen LogP contribution is 2.09. The lowest BCUT2D eigenvalue weighted by molar-refractivity contribution is -0.134. The van der Waals surface area contributed by atoms with Gasteiger partial charge in [0.2, 0.25) is 11.8 Å². The van der Waals surface area contributed by atoms with Gasteiger partial charge in [0.1, 0.15) is 0 Å². The monoisotopic (exact) mass is 310 g/mol. The fourth-order valence-corrected chi connectivity index (χ4v) is 2.05.